The van der Waals surface area contributed by atoms with Crippen LogP contribution in [-0.4, -0.2) is 0 Å². The van der Waals surface area contributed by atoms with Gasteiger partial charge in [0.05, 0.1) is 0 Å². The lowest BCUT2D eigenvalue weighted by Crippen LogP contribution is -2.40. The van der Waals surface area contributed by atoms with Gasteiger partial charge in [0.1, 0.15) is 0 Å². The Hall–Kier alpha value is -1.04. The predicted molar refractivity (Wildman–Crippen MR) is 80.2 cm³/mol. The predicted octanol–water partition coefficient (Wildman–Crippen LogP) is 5.10. The summed E-state index contributed by atoms with van der Waals surface area (Å²) in [5, 5.41) is 0. The van der Waals surface area contributed by atoms with Gasteiger partial charge in [-0.1, -0.05) is 49.8 Å². The van der Waals surface area contributed by atoms with Crippen LogP contribution in [0.5, 0.6) is 0 Å². The molecule has 0 N–H and O–H groups in total. The van der Waals surface area contributed by atoms with E-state index in [4.69, 9.17) is 0 Å². The second-order valence-corrected chi connectivity index (χ2v) is 7.36. The molecule has 0 aromatic heterocycles. The Balaban J connectivity index is 1.79. The first-order valence-electron chi connectivity index (χ1n) is 7.94. The zero-order valence-corrected chi connectivity index (χ0v) is 12.0. The Morgan fingerprint density at radius 2 is 2.00 bits per heavy atom. The maximum Gasteiger partial charge on any atom is -0.00639 e. The van der Waals surface area contributed by atoms with Crippen molar-refractivity contribution in [3.8, 4) is 0 Å². The van der Waals surface area contributed by atoms with E-state index in [1.807, 2.05) is 0 Å². The van der Waals surface area contributed by atoms with E-state index in [9.17, 15) is 0 Å². The highest BCUT2D eigenvalue weighted by Crippen LogP contribution is 2.61. The summed E-state index contributed by atoms with van der Waals surface area (Å²) in [5.74, 6) is 2.46. The maximum atomic E-state index is 4.49. The van der Waals surface area contributed by atoms with E-state index in [0.717, 1.165) is 24.2 Å². The van der Waals surface area contributed by atoms with E-state index in [0.29, 0.717) is 5.41 Å². The summed E-state index contributed by atoms with van der Waals surface area (Å²) in [6.45, 7) is 7.04. The second-order valence-electron chi connectivity index (χ2n) is 7.36. The van der Waals surface area contributed by atoms with Crippen LogP contribution in [0.25, 0.3) is 0 Å². The molecule has 0 unspecified atom stereocenters. The molecule has 2 fully saturated rings. The van der Waals surface area contributed by atoms with Crippen LogP contribution in [0.4, 0.5) is 0 Å². The largest absolute Gasteiger partial charge is 0.0992 e. The van der Waals surface area contributed by atoms with Gasteiger partial charge in [0.2, 0.25) is 0 Å². The van der Waals surface area contributed by atoms with Gasteiger partial charge in [0.15, 0.2) is 0 Å². The zero-order valence-electron chi connectivity index (χ0n) is 12.0. The molecule has 19 heavy (non-hydrogen) atoms. The third kappa shape index (κ3) is 1.58. The number of allylic oxidation sites excluding steroid dienone is 1. The fraction of sp³-hybridized carbons (Fsp3) is 0.579. The minimum Gasteiger partial charge on any atom is -0.0992 e. The molecule has 100 valence electrons. The molecule has 3 aliphatic rings. The van der Waals surface area contributed by atoms with Crippen molar-refractivity contribution in [2.75, 3.05) is 0 Å². The molecule has 0 spiro atoms. The summed E-state index contributed by atoms with van der Waals surface area (Å²) in [6, 6.07) is 9.12. The molecule has 0 nitrogen and oxygen atoms in total. The molecule has 4 rings (SSSR count). The normalized spacial score (nSPS) is 40.5. The van der Waals surface area contributed by atoms with Gasteiger partial charge in [-0.05, 0) is 66.4 Å². The number of hydrogen-bond donors (Lipinski definition) is 0. The first-order chi connectivity index (χ1) is 9.19. The number of benzene rings is 1. The molecule has 0 amide bonds. The minimum absolute atomic E-state index is 0.621. The molecule has 0 bridgehead atoms. The van der Waals surface area contributed by atoms with Crippen molar-refractivity contribution >= 4 is 0 Å². The number of hydrogen-bond acceptors (Lipinski definition) is 0. The third-order valence-corrected chi connectivity index (χ3v) is 6.40. The average molecular weight is 252 g/mol. The first kappa shape index (κ1) is 11.8. The summed E-state index contributed by atoms with van der Waals surface area (Å²) in [7, 11) is 0. The van der Waals surface area contributed by atoms with Gasteiger partial charge in [-0.15, -0.1) is 0 Å². The molecule has 3 aliphatic carbocycles. The van der Waals surface area contributed by atoms with Crippen LogP contribution >= 0.6 is 0 Å². The van der Waals surface area contributed by atoms with Crippen LogP contribution in [0.15, 0.2) is 36.4 Å². The van der Waals surface area contributed by atoms with E-state index >= 15 is 0 Å². The van der Waals surface area contributed by atoms with Crippen molar-refractivity contribution in [1.29, 1.82) is 0 Å². The summed E-state index contributed by atoms with van der Waals surface area (Å²) >= 11 is 0. The lowest BCUT2D eigenvalue weighted by molar-refractivity contribution is 0.0849. The Labute approximate surface area is 116 Å². The Morgan fingerprint density at radius 3 is 2.89 bits per heavy atom. The van der Waals surface area contributed by atoms with Crippen LogP contribution in [0.3, 0.4) is 0 Å². The smallest absolute Gasteiger partial charge is 0.00639 e. The van der Waals surface area contributed by atoms with Crippen LogP contribution in [-0.2, 0) is 6.42 Å². The molecule has 0 heteroatoms. The van der Waals surface area contributed by atoms with Crippen LogP contribution < -0.4 is 0 Å². The van der Waals surface area contributed by atoms with Crippen molar-refractivity contribution in [2.24, 2.45) is 17.3 Å². The monoisotopic (exact) mass is 252 g/mol. The molecule has 4 atom stereocenters. The Morgan fingerprint density at radius 1 is 1.16 bits per heavy atom. The van der Waals surface area contributed by atoms with Gasteiger partial charge < -0.3 is 0 Å². The molecular formula is C19H24. The fourth-order valence-corrected chi connectivity index (χ4v) is 5.47. The van der Waals surface area contributed by atoms with E-state index in [1.54, 1.807) is 11.1 Å². The molecule has 0 aliphatic heterocycles. The van der Waals surface area contributed by atoms with Crippen molar-refractivity contribution in [3.63, 3.8) is 0 Å². The van der Waals surface area contributed by atoms with Crippen molar-refractivity contribution in [2.45, 2.75) is 51.4 Å². The molecule has 1 aromatic carbocycles. The zero-order chi connectivity index (χ0) is 13.0. The minimum atomic E-state index is 0.621. The van der Waals surface area contributed by atoms with Crippen LogP contribution in [0.1, 0.15) is 56.1 Å². The Bertz CT molecular complexity index is 527. The number of fused-ring (bicyclic) bond motifs is 5. The Kier molecular flexibility index (Phi) is 2.46. The summed E-state index contributed by atoms with van der Waals surface area (Å²) in [5.41, 5.74) is 5.35. The fourth-order valence-electron chi connectivity index (χ4n) is 5.47. The second kappa shape index (κ2) is 3.98. The van der Waals surface area contributed by atoms with Crippen molar-refractivity contribution in [3.05, 3.63) is 47.5 Å². The van der Waals surface area contributed by atoms with Crippen LogP contribution in [0, 0.1) is 17.3 Å². The summed E-state index contributed by atoms with van der Waals surface area (Å²) in [4.78, 5) is 0. The van der Waals surface area contributed by atoms with Crippen molar-refractivity contribution in [1.82, 2.24) is 0 Å². The molecule has 2 saturated carbocycles. The average Bonchev–Trinajstić information content (AvgIpc) is 2.80. The summed E-state index contributed by atoms with van der Waals surface area (Å²) in [6.07, 6.45) is 8.28. The maximum absolute atomic E-state index is 4.49. The van der Waals surface area contributed by atoms with E-state index in [-0.39, 0.29) is 0 Å². The molecule has 0 heterocycles. The van der Waals surface area contributed by atoms with Crippen molar-refractivity contribution < 1.29 is 0 Å². The van der Waals surface area contributed by atoms with E-state index in [2.05, 4.69) is 37.8 Å². The van der Waals surface area contributed by atoms with E-state index < -0.39 is 0 Å². The van der Waals surface area contributed by atoms with E-state index in [1.165, 1.54) is 37.7 Å². The van der Waals surface area contributed by atoms with Gasteiger partial charge in [-0.2, -0.15) is 0 Å². The van der Waals surface area contributed by atoms with Gasteiger partial charge in [0, 0.05) is 0 Å². The summed E-state index contributed by atoms with van der Waals surface area (Å²) < 4.78 is 0. The van der Waals surface area contributed by atoms with Crippen LogP contribution in [0.2, 0.25) is 0 Å². The highest BCUT2D eigenvalue weighted by Gasteiger charge is 2.51. The highest BCUT2D eigenvalue weighted by atomic mass is 14.6. The first-order valence-corrected chi connectivity index (χ1v) is 7.94. The topological polar surface area (TPSA) is 0 Å². The third-order valence-electron chi connectivity index (χ3n) is 6.40. The van der Waals surface area contributed by atoms with Gasteiger partial charge in [-0.25, -0.2) is 0 Å². The molecular weight excluding hydrogens is 228 g/mol. The van der Waals surface area contributed by atoms with Gasteiger partial charge in [-0.3, -0.25) is 0 Å². The van der Waals surface area contributed by atoms with Gasteiger partial charge in [0.25, 0.3) is 0 Å². The molecule has 0 saturated heterocycles. The molecule has 0 radical (unpaired) electrons. The SMILES string of the molecule is C=C1Cc2ccccc2[C@H]2CC[C@]3(C)CCC[C@H]3[C@H]12. The highest BCUT2D eigenvalue weighted by molar-refractivity contribution is 5.41. The standard InChI is InChI=1S/C19H24/c1-13-12-14-6-3-4-7-15(14)16-9-11-19(2)10-5-8-17(19)18(13)16/h3-4,6-7,16-18H,1,5,8-12H2,2H3/t16-,17+,18-,19+/m1/s1. The quantitative estimate of drug-likeness (QED) is 0.564. The molecule has 1 aromatic rings. The number of rotatable bonds is 0. The lowest BCUT2D eigenvalue weighted by Gasteiger charge is -2.50. The lowest BCUT2D eigenvalue weighted by atomic mass is 9.55. The van der Waals surface area contributed by atoms with Gasteiger partial charge >= 0.3 is 0 Å².